The molecule has 0 saturated carbocycles. The van der Waals surface area contributed by atoms with Gasteiger partial charge in [0.1, 0.15) is 6.61 Å². The molecule has 0 aliphatic carbocycles. The Morgan fingerprint density at radius 2 is 2.00 bits per heavy atom. The number of hydrogen-bond donors (Lipinski definition) is 2. The van der Waals surface area contributed by atoms with Crippen molar-refractivity contribution in [1.82, 2.24) is 9.97 Å². The first-order chi connectivity index (χ1) is 11.5. The molecule has 1 aromatic rings. The van der Waals surface area contributed by atoms with E-state index in [9.17, 15) is 0 Å². The predicted octanol–water partition coefficient (Wildman–Crippen LogP) is 3.86. The highest BCUT2D eigenvalue weighted by atomic mass is 16.5. The van der Waals surface area contributed by atoms with Crippen LogP contribution in [0, 0.1) is 0 Å². The van der Waals surface area contributed by atoms with Crippen molar-refractivity contribution >= 4 is 17.5 Å². The lowest BCUT2D eigenvalue weighted by Crippen LogP contribution is -2.21. The van der Waals surface area contributed by atoms with Crippen molar-refractivity contribution in [2.45, 2.75) is 59.4 Å². The van der Waals surface area contributed by atoms with Gasteiger partial charge in [-0.05, 0) is 38.3 Å². The Labute approximate surface area is 145 Å². The van der Waals surface area contributed by atoms with E-state index >= 15 is 0 Å². The molecule has 0 amide bonds. The van der Waals surface area contributed by atoms with Crippen molar-refractivity contribution in [3.8, 4) is 5.75 Å². The van der Waals surface area contributed by atoms with Crippen LogP contribution in [0.25, 0.3) is 0 Å². The van der Waals surface area contributed by atoms with Gasteiger partial charge in [0.15, 0.2) is 11.6 Å². The van der Waals surface area contributed by atoms with Gasteiger partial charge in [0.25, 0.3) is 0 Å². The van der Waals surface area contributed by atoms with Gasteiger partial charge in [-0.2, -0.15) is 4.98 Å². The highest BCUT2D eigenvalue weighted by Crippen LogP contribution is 2.24. The molecule has 0 aliphatic heterocycles. The summed E-state index contributed by atoms with van der Waals surface area (Å²) < 4.78 is 5.89. The molecule has 134 valence electrons. The molecule has 0 unspecified atom stereocenters. The second-order valence-electron chi connectivity index (χ2n) is 6.00. The molecule has 1 heterocycles. The fourth-order valence-electron chi connectivity index (χ4n) is 2.43. The Morgan fingerprint density at radius 3 is 2.58 bits per heavy atom. The average Bonchev–Trinajstić information content (AvgIpc) is 2.54. The maximum absolute atomic E-state index is 5.89. The van der Waals surface area contributed by atoms with Gasteiger partial charge in [-0.1, -0.05) is 26.7 Å². The van der Waals surface area contributed by atoms with Crippen LogP contribution < -0.4 is 15.8 Å². The lowest BCUT2D eigenvalue weighted by atomic mass is 10.1. The molecule has 0 spiro atoms. The minimum atomic E-state index is 0.248. The van der Waals surface area contributed by atoms with Crippen LogP contribution in [0.15, 0.2) is 22.8 Å². The van der Waals surface area contributed by atoms with Gasteiger partial charge in [0.05, 0.1) is 6.20 Å². The van der Waals surface area contributed by atoms with Crippen LogP contribution in [-0.4, -0.2) is 35.4 Å². The zero-order valence-corrected chi connectivity index (χ0v) is 15.6. The van der Waals surface area contributed by atoms with Crippen LogP contribution in [0.1, 0.15) is 53.4 Å². The fourth-order valence-corrected chi connectivity index (χ4v) is 2.43. The topological polar surface area (TPSA) is 85.4 Å². The molecule has 1 aromatic heterocycles. The number of nitrogens with zero attached hydrogens (tertiary/aromatic N) is 3. The van der Waals surface area contributed by atoms with Crippen molar-refractivity contribution in [2.24, 2.45) is 4.99 Å². The number of rotatable bonds is 10. The molecule has 1 rings (SSSR count). The van der Waals surface area contributed by atoms with Gasteiger partial charge in [-0.25, -0.2) is 4.98 Å². The fraction of sp³-hybridized carbons (Fsp3) is 0.611. The van der Waals surface area contributed by atoms with Crippen molar-refractivity contribution in [3.05, 3.63) is 17.8 Å². The van der Waals surface area contributed by atoms with E-state index in [-0.39, 0.29) is 5.95 Å². The lowest BCUT2D eigenvalue weighted by Gasteiger charge is -2.20. The summed E-state index contributed by atoms with van der Waals surface area (Å²) in [6.45, 7) is 8.80. The van der Waals surface area contributed by atoms with Gasteiger partial charge in [0.2, 0.25) is 5.95 Å². The molecule has 0 aromatic carbocycles. The van der Waals surface area contributed by atoms with Gasteiger partial charge >= 0.3 is 0 Å². The highest BCUT2D eigenvalue weighted by Gasteiger charge is 2.13. The molecule has 0 radical (unpaired) electrons. The molecule has 3 N–H and O–H groups in total. The number of nitrogens with two attached hydrogens (primary N) is 1. The molecular weight excluding hydrogens is 302 g/mol. The van der Waals surface area contributed by atoms with E-state index in [0.717, 1.165) is 37.0 Å². The van der Waals surface area contributed by atoms with E-state index in [0.29, 0.717) is 24.2 Å². The van der Waals surface area contributed by atoms with Gasteiger partial charge in [-0.3, -0.25) is 4.99 Å². The first kappa shape index (κ1) is 19.9. The number of nitrogen functional groups attached to an aromatic ring is 1. The number of nitrogens with one attached hydrogen (secondary N) is 1. The quantitative estimate of drug-likeness (QED) is 0.635. The van der Waals surface area contributed by atoms with Gasteiger partial charge in [-0.15, -0.1) is 0 Å². The Hall–Kier alpha value is -2.11. The van der Waals surface area contributed by atoms with Crippen molar-refractivity contribution in [2.75, 3.05) is 24.7 Å². The highest BCUT2D eigenvalue weighted by molar-refractivity contribution is 5.93. The third-order valence-electron chi connectivity index (χ3n) is 3.65. The number of allylic oxidation sites excluding steroid dienone is 1. The molecule has 0 bridgehead atoms. The number of anilines is 2. The Morgan fingerprint density at radius 1 is 1.33 bits per heavy atom. The van der Waals surface area contributed by atoms with E-state index < -0.39 is 0 Å². The molecule has 0 saturated heterocycles. The summed E-state index contributed by atoms with van der Waals surface area (Å²) in [5.74, 6) is 1.54. The molecular formula is C18H31N5O. The normalized spacial score (nSPS) is 12.6. The first-order valence-corrected chi connectivity index (χ1v) is 8.62. The molecule has 0 aliphatic rings. The van der Waals surface area contributed by atoms with E-state index in [4.69, 9.17) is 10.5 Å². The number of hydrogen-bond acceptors (Lipinski definition) is 6. The van der Waals surface area contributed by atoms with Crippen molar-refractivity contribution in [3.63, 3.8) is 0 Å². The smallest absolute Gasteiger partial charge is 0.222 e. The van der Waals surface area contributed by atoms with Crippen LogP contribution in [0.4, 0.5) is 11.8 Å². The minimum absolute atomic E-state index is 0.248. The predicted molar refractivity (Wildman–Crippen MR) is 102 cm³/mol. The molecule has 0 atom stereocenters. The van der Waals surface area contributed by atoms with Crippen LogP contribution in [0.3, 0.4) is 0 Å². The molecule has 6 heteroatoms. The number of ether oxygens (including phenoxy) is 1. The number of aromatic nitrogens is 2. The SMILES string of the molecule is CCCC(CCC)Nc1nc(N)ncc1OC/C(C)=C/C(C)=NC. The summed E-state index contributed by atoms with van der Waals surface area (Å²) in [5.41, 5.74) is 7.80. The Kier molecular flexibility index (Phi) is 8.83. The monoisotopic (exact) mass is 333 g/mol. The molecule has 0 fully saturated rings. The van der Waals surface area contributed by atoms with Crippen molar-refractivity contribution < 1.29 is 4.74 Å². The molecule has 24 heavy (non-hydrogen) atoms. The minimum Gasteiger partial charge on any atom is -0.484 e. The largest absolute Gasteiger partial charge is 0.484 e. The summed E-state index contributed by atoms with van der Waals surface area (Å²) >= 11 is 0. The average molecular weight is 333 g/mol. The second kappa shape index (κ2) is 10.6. The summed E-state index contributed by atoms with van der Waals surface area (Å²) in [4.78, 5) is 12.5. The maximum Gasteiger partial charge on any atom is 0.222 e. The first-order valence-electron chi connectivity index (χ1n) is 8.62. The second-order valence-corrected chi connectivity index (χ2v) is 6.00. The summed E-state index contributed by atoms with van der Waals surface area (Å²) in [6, 6.07) is 0.364. The maximum atomic E-state index is 5.89. The summed E-state index contributed by atoms with van der Waals surface area (Å²) in [6.07, 6.45) is 8.04. The van der Waals surface area contributed by atoms with E-state index in [1.165, 1.54) is 0 Å². The third kappa shape index (κ3) is 6.98. The zero-order valence-electron chi connectivity index (χ0n) is 15.6. The Bertz CT molecular complexity index is 563. The van der Waals surface area contributed by atoms with E-state index in [1.807, 2.05) is 19.9 Å². The zero-order chi connectivity index (χ0) is 17.9. The van der Waals surface area contributed by atoms with Gasteiger partial charge in [0, 0.05) is 18.8 Å². The van der Waals surface area contributed by atoms with E-state index in [2.05, 4.69) is 34.1 Å². The van der Waals surface area contributed by atoms with Gasteiger partial charge < -0.3 is 15.8 Å². The number of aliphatic imine (C=N–C) groups is 1. The molecule has 6 nitrogen and oxygen atoms in total. The Balaban J connectivity index is 2.85. The lowest BCUT2D eigenvalue weighted by molar-refractivity contribution is 0.350. The van der Waals surface area contributed by atoms with Crippen LogP contribution in [0.2, 0.25) is 0 Å². The van der Waals surface area contributed by atoms with Crippen LogP contribution in [0.5, 0.6) is 5.75 Å². The van der Waals surface area contributed by atoms with Crippen molar-refractivity contribution in [1.29, 1.82) is 0 Å². The van der Waals surface area contributed by atoms with Crippen LogP contribution >= 0.6 is 0 Å². The third-order valence-corrected chi connectivity index (χ3v) is 3.65. The summed E-state index contributed by atoms with van der Waals surface area (Å²) in [5, 5.41) is 3.47. The summed E-state index contributed by atoms with van der Waals surface area (Å²) in [7, 11) is 1.78. The standard InChI is InChI=1S/C18H31N5O/c1-6-8-15(9-7-2)22-17-16(11-21-18(19)23-17)24-12-13(3)10-14(4)20-5/h10-11,15H,6-9,12H2,1-5H3,(H3,19,21,22,23)/b13-10+,20-14?. The van der Waals surface area contributed by atoms with E-state index in [1.54, 1.807) is 13.2 Å². The van der Waals surface area contributed by atoms with Crippen LogP contribution in [-0.2, 0) is 0 Å².